The Morgan fingerprint density at radius 3 is 2.82 bits per heavy atom. The summed E-state index contributed by atoms with van der Waals surface area (Å²) in [4.78, 5) is 0. The van der Waals surface area contributed by atoms with Crippen molar-refractivity contribution in [1.82, 2.24) is 9.78 Å². The van der Waals surface area contributed by atoms with Crippen molar-refractivity contribution in [2.24, 2.45) is 7.05 Å². The summed E-state index contributed by atoms with van der Waals surface area (Å²) in [7, 11) is 3.50. The average Bonchev–Trinajstić information content (AvgIpc) is 2.88. The molecule has 22 heavy (non-hydrogen) atoms. The fourth-order valence-corrected chi connectivity index (χ4v) is 3.57. The van der Waals surface area contributed by atoms with Crippen LogP contribution >= 0.6 is 11.8 Å². The van der Waals surface area contributed by atoms with Crippen LogP contribution in [0.1, 0.15) is 12.8 Å². The third kappa shape index (κ3) is 3.16. The normalized spacial score (nSPS) is 18.2. The number of aromatic nitrogens is 2. The highest BCUT2D eigenvalue weighted by molar-refractivity contribution is 7.99. The van der Waals surface area contributed by atoms with Gasteiger partial charge in [-0.2, -0.15) is 16.9 Å². The van der Waals surface area contributed by atoms with Gasteiger partial charge in [-0.25, -0.2) is 0 Å². The van der Waals surface area contributed by atoms with Crippen molar-refractivity contribution in [1.29, 1.82) is 0 Å². The van der Waals surface area contributed by atoms with E-state index in [1.54, 1.807) is 11.8 Å². The molecule has 1 atom stereocenters. The predicted octanol–water partition coefficient (Wildman–Crippen LogP) is 2.95. The molecular weight excluding hydrogens is 298 g/mol. The van der Waals surface area contributed by atoms with E-state index in [1.807, 2.05) is 43.1 Å². The van der Waals surface area contributed by atoms with E-state index in [2.05, 4.69) is 5.10 Å². The second-order valence-electron chi connectivity index (χ2n) is 5.40. The van der Waals surface area contributed by atoms with Crippen LogP contribution in [0.5, 0.6) is 11.5 Å². The van der Waals surface area contributed by atoms with Crippen LogP contribution < -0.4 is 15.2 Å². The molecule has 0 aliphatic carbocycles. The minimum absolute atomic E-state index is 0.247. The standard InChI is InChI=1S/C16H21N3O2S/c1-19-16(17)9-13(18-19)11-5-6-14(20-2)15(8-11)21-12-4-3-7-22-10-12/h5-6,8-9,12H,3-4,7,10,17H2,1-2H3. The van der Waals surface area contributed by atoms with E-state index in [0.29, 0.717) is 5.82 Å². The van der Waals surface area contributed by atoms with Crippen LogP contribution in [0, 0.1) is 0 Å². The number of thioether (sulfide) groups is 1. The van der Waals surface area contributed by atoms with Gasteiger partial charge in [0, 0.05) is 24.4 Å². The first kappa shape index (κ1) is 15.1. The molecular formula is C16H21N3O2S. The summed E-state index contributed by atoms with van der Waals surface area (Å²) >= 11 is 1.94. The minimum Gasteiger partial charge on any atom is -0.493 e. The van der Waals surface area contributed by atoms with Gasteiger partial charge in [-0.15, -0.1) is 0 Å². The SMILES string of the molecule is COc1ccc(-c2cc(N)n(C)n2)cc1OC1CCCSC1. The second kappa shape index (κ2) is 6.52. The molecule has 0 bridgehead atoms. The topological polar surface area (TPSA) is 62.3 Å². The Hall–Kier alpha value is -1.82. The van der Waals surface area contributed by atoms with Gasteiger partial charge in [0.25, 0.3) is 0 Å². The summed E-state index contributed by atoms with van der Waals surface area (Å²) in [6.07, 6.45) is 2.54. The molecule has 1 aromatic carbocycles. The third-order valence-electron chi connectivity index (χ3n) is 3.79. The number of nitrogens with two attached hydrogens (primary N) is 1. The molecule has 2 N–H and O–H groups in total. The lowest BCUT2D eigenvalue weighted by molar-refractivity contribution is 0.202. The molecule has 0 amide bonds. The Labute approximate surface area is 134 Å². The van der Waals surface area contributed by atoms with Crippen molar-refractivity contribution in [3.8, 4) is 22.8 Å². The first-order valence-electron chi connectivity index (χ1n) is 7.39. The third-order valence-corrected chi connectivity index (χ3v) is 4.97. The number of methoxy groups -OCH3 is 1. The molecule has 1 unspecified atom stereocenters. The van der Waals surface area contributed by atoms with Gasteiger partial charge in [-0.1, -0.05) is 0 Å². The maximum absolute atomic E-state index is 6.16. The number of benzene rings is 1. The molecule has 0 spiro atoms. The van der Waals surface area contributed by atoms with E-state index in [-0.39, 0.29) is 6.10 Å². The Balaban J connectivity index is 1.88. The Bertz CT molecular complexity index is 631. The molecule has 2 aromatic rings. The molecule has 3 rings (SSSR count). The highest BCUT2D eigenvalue weighted by Crippen LogP contribution is 2.34. The summed E-state index contributed by atoms with van der Waals surface area (Å²) in [5, 5.41) is 4.42. The highest BCUT2D eigenvalue weighted by Gasteiger charge is 2.18. The molecule has 1 fully saturated rings. The van der Waals surface area contributed by atoms with Crippen LogP contribution in [0.15, 0.2) is 24.3 Å². The fourth-order valence-electron chi connectivity index (χ4n) is 2.53. The summed E-state index contributed by atoms with van der Waals surface area (Å²) in [5.41, 5.74) is 7.68. The fraction of sp³-hybridized carbons (Fsp3) is 0.438. The molecule has 1 aliphatic rings. The first-order chi connectivity index (χ1) is 10.7. The van der Waals surface area contributed by atoms with Crippen LogP contribution in [-0.2, 0) is 7.05 Å². The van der Waals surface area contributed by atoms with Crippen LogP contribution in [-0.4, -0.2) is 34.5 Å². The second-order valence-corrected chi connectivity index (χ2v) is 6.55. The van der Waals surface area contributed by atoms with E-state index in [0.717, 1.165) is 34.9 Å². The van der Waals surface area contributed by atoms with E-state index in [9.17, 15) is 0 Å². The molecule has 6 heteroatoms. The summed E-state index contributed by atoms with van der Waals surface area (Å²) in [5.74, 6) is 4.42. The van der Waals surface area contributed by atoms with Gasteiger partial charge in [0.2, 0.25) is 0 Å². The molecule has 1 aliphatic heterocycles. The van der Waals surface area contributed by atoms with Crippen molar-refractivity contribution in [2.75, 3.05) is 24.3 Å². The minimum atomic E-state index is 0.247. The number of nitrogens with zero attached hydrogens (tertiary/aromatic N) is 2. The smallest absolute Gasteiger partial charge is 0.162 e. The predicted molar refractivity (Wildman–Crippen MR) is 90.6 cm³/mol. The van der Waals surface area contributed by atoms with Crippen LogP contribution in [0.25, 0.3) is 11.3 Å². The van der Waals surface area contributed by atoms with E-state index >= 15 is 0 Å². The Kier molecular flexibility index (Phi) is 4.47. The van der Waals surface area contributed by atoms with Gasteiger partial charge in [0.05, 0.1) is 12.8 Å². The number of hydrogen-bond acceptors (Lipinski definition) is 5. The maximum Gasteiger partial charge on any atom is 0.162 e. The maximum atomic E-state index is 6.16. The van der Waals surface area contributed by atoms with Gasteiger partial charge in [-0.3, -0.25) is 4.68 Å². The first-order valence-corrected chi connectivity index (χ1v) is 8.55. The number of nitrogen functional groups attached to an aromatic ring is 1. The zero-order valence-corrected chi connectivity index (χ0v) is 13.7. The molecule has 0 radical (unpaired) electrons. The summed E-state index contributed by atoms with van der Waals surface area (Å²) in [6.45, 7) is 0. The molecule has 1 aromatic heterocycles. The summed E-state index contributed by atoms with van der Waals surface area (Å²) < 4.78 is 13.3. The van der Waals surface area contributed by atoms with Gasteiger partial charge in [0.1, 0.15) is 11.9 Å². The van der Waals surface area contributed by atoms with Crippen LogP contribution in [0.2, 0.25) is 0 Å². The van der Waals surface area contributed by atoms with E-state index in [4.69, 9.17) is 15.2 Å². The lowest BCUT2D eigenvalue weighted by Crippen LogP contribution is -2.23. The van der Waals surface area contributed by atoms with Crippen molar-refractivity contribution in [2.45, 2.75) is 18.9 Å². The zero-order valence-electron chi connectivity index (χ0n) is 12.9. The van der Waals surface area contributed by atoms with Gasteiger partial charge in [-0.05, 0) is 36.8 Å². The lowest BCUT2D eigenvalue weighted by Gasteiger charge is -2.23. The Morgan fingerprint density at radius 1 is 1.32 bits per heavy atom. The van der Waals surface area contributed by atoms with Crippen molar-refractivity contribution in [3.63, 3.8) is 0 Å². The zero-order chi connectivity index (χ0) is 15.5. The Morgan fingerprint density at radius 2 is 2.18 bits per heavy atom. The van der Waals surface area contributed by atoms with Crippen LogP contribution in [0.4, 0.5) is 5.82 Å². The molecule has 118 valence electrons. The average molecular weight is 319 g/mol. The molecule has 2 heterocycles. The molecule has 1 saturated heterocycles. The van der Waals surface area contributed by atoms with E-state index in [1.165, 1.54) is 12.2 Å². The van der Waals surface area contributed by atoms with Gasteiger partial charge in [0.15, 0.2) is 11.5 Å². The number of ether oxygens (including phenoxy) is 2. The van der Waals surface area contributed by atoms with Crippen molar-refractivity contribution >= 4 is 17.6 Å². The summed E-state index contributed by atoms with van der Waals surface area (Å²) in [6, 6.07) is 7.75. The number of aryl methyl sites for hydroxylation is 1. The molecule has 0 saturated carbocycles. The van der Waals surface area contributed by atoms with E-state index < -0.39 is 0 Å². The molecule has 5 nitrogen and oxygen atoms in total. The monoisotopic (exact) mass is 319 g/mol. The number of rotatable bonds is 4. The van der Waals surface area contributed by atoms with Gasteiger partial charge >= 0.3 is 0 Å². The van der Waals surface area contributed by atoms with Crippen LogP contribution in [0.3, 0.4) is 0 Å². The van der Waals surface area contributed by atoms with Gasteiger partial charge < -0.3 is 15.2 Å². The van der Waals surface area contributed by atoms with Crippen molar-refractivity contribution < 1.29 is 9.47 Å². The lowest BCUT2D eigenvalue weighted by atomic mass is 10.1. The van der Waals surface area contributed by atoms with Crippen molar-refractivity contribution in [3.05, 3.63) is 24.3 Å². The largest absolute Gasteiger partial charge is 0.493 e. The highest BCUT2D eigenvalue weighted by atomic mass is 32.2. The quantitative estimate of drug-likeness (QED) is 0.939. The number of hydrogen-bond donors (Lipinski definition) is 1. The number of anilines is 1.